The minimum absolute atomic E-state index is 0.0884. The molecular formula is C21H18ClNO. The number of hydrogen-bond donors (Lipinski definition) is 1. The maximum Gasteiger partial charge on any atom is 0.255 e. The van der Waals surface area contributed by atoms with E-state index in [1.165, 1.54) is 5.56 Å². The number of carbonyl (C=O) groups is 1. The summed E-state index contributed by atoms with van der Waals surface area (Å²) in [5, 5.41) is 3.76. The fourth-order valence-electron chi connectivity index (χ4n) is 2.57. The van der Waals surface area contributed by atoms with Gasteiger partial charge in [-0.15, -0.1) is 0 Å². The van der Waals surface area contributed by atoms with Gasteiger partial charge in [0.15, 0.2) is 0 Å². The molecule has 0 saturated heterocycles. The highest BCUT2D eigenvalue weighted by Crippen LogP contribution is 2.19. The monoisotopic (exact) mass is 335 g/mol. The molecule has 0 spiro atoms. The van der Waals surface area contributed by atoms with Gasteiger partial charge in [0.25, 0.3) is 5.91 Å². The molecule has 0 radical (unpaired) electrons. The predicted molar refractivity (Wildman–Crippen MR) is 99.7 cm³/mol. The summed E-state index contributed by atoms with van der Waals surface area (Å²) in [6.07, 6.45) is 1.75. The van der Waals surface area contributed by atoms with E-state index in [4.69, 9.17) is 11.6 Å². The van der Waals surface area contributed by atoms with Gasteiger partial charge in [0, 0.05) is 16.3 Å². The van der Waals surface area contributed by atoms with Crippen LogP contribution < -0.4 is 5.32 Å². The van der Waals surface area contributed by atoms with E-state index in [2.05, 4.69) is 11.4 Å². The molecule has 0 unspecified atom stereocenters. The maximum absolute atomic E-state index is 12.4. The highest BCUT2D eigenvalue weighted by atomic mass is 35.5. The number of carbonyl (C=O) groups excluding carboxylic acids is 1. The SMILES string of the molecule is O=C(Nc1ccccc1CCc1ccc(Cl)cc1)c1ccccc1. The fraction of sp³-hybridized carbons (Fsp3) is 0.0952. The van der Waals surface area contributed by atoms with E-state index >= 15 is 0 Å². The van der Waals surface area contributed by atoms with E-state index in [0.717, 1.165) is 29.1 Å². The van der Waals surface area contributed by atoms with Crippen molar-refractivity contribution in [1.29, 1.82) is 0 Å². The first-order chi connectivity index (χ1) is 11.7. The Morgan fingerprint density at radius 3 is 2.21 bits per heavy atom. The van der Waals surface area contributed by atoms with Crippen molar-refractivity contribution >= 4 is 23.2 Å². The van der Waals surface area contributed by atoms with Crippen LogP contribution >= 0.6 is 11.6 Å². The first kappa shape index (κ1) is 16.3. The standard InChI is InChI=1S/C21H18ClNO/c22-19-14-11-16(12-15-19)10-13-17-6-4-5-9-20(17)23-21(24)18-7-2-1-3-8-18/h1-9,11-12,14-15H,10,13H2,(H,23,24). The lowest BCUT2D eigenvalue weighted by atomic mass is 10.0. The minimum atomic E-state index is -0.0884. The van der Waals surface area contributed by atoms with Crippen LogP contribution in [0.1, 0.15) is 21.5 Å². The summed E-state index contributed by atoms with van der Waals surface area (Å²) >= 11 is 5.92. The molecule has 0 aromatic heterocycles. The molecule has 0 atom stereocenters. The lowest BCUT2D eigenvalue weighted by molar-refractivity contribution is 0.102. The third-order valence-electron chi connectivity index (χ3n) is 3.90. The van der Waals surface area contributed by atoms with Crippen molar-refractivity contribution in [3.63, 3.8) is 0 Å². The predicted octanol–water partition coefficient (Wildman–Crippen LogP) is 5.38. The molecule has 3 rings (SSSR count). The normalized spacial score (nSPS) is 10.4. The van der Waals surface area contributed by atoms with Crippen molar-refractivity contribution in [2.45, 2.75) is 12.8 Å². The molecule has 0 aliphatic rings. The number of para-hydroxylation sites is 1. The van der Waals surface area contributed by atoms with Gasteiger partial charge in [-0.3, -0.25) is 4.79 Å². The van der Waals surface area contributed by atoms with Crippen molar-refractivity contribution < 1.29 is 4.79 Å². The zero-order valence-electron chi connectivity index (χ0n) is 13.2. The molecule has 24 heavy (non-hydrogen) atoms. The van der Waals surface area contributed by atoms with Crippen LogP contribution in [0, 0.1) is 0 Å². The summed E-state index contributed by atoms with van der Waals surface area (Å²) in [5.41, 5.74) is 3.87. The second kappa shape index (κ2) is 7.80. The van der Waals surface area contributed by atoms with Crippen molar-refractivity contribution in [3.8, 4) is 0 Å². The number of hydrogen-bond acceptors (Lipinski definition) is 1. The van der Waals surface area contributed by atoms with Crippen molar-refractivity contribution in [2.24, 2.45) is 0 Å². The molecule has 0 fully saturated rings. The van der Waals surface area contributed by atoms with Gasteiger partial charge in [-0.05, 0) is 54.3 Å². The van der Waals surface area contributed by atoms with Crippen molar-refractivity contribution in [1.82, 2.24) is 0 Å². The van der Waals surface area contributed by atoms with Gasteiger partial charge in [-0.2, -0.15) is 0 Å². The molecule has 1 amide bonds. The summed E-state index contributed by atoms with van der Waals surface area (Å²) in [5.74, 6) is -0.0884. The van der Waals surface area contributed by atoms with Crippen LogP contribution in [0.15, 0.2) is 78.9 Å². The number of anilines is 1. The highest BCUT2D eigenvalue weighted by Gasteiger charge is 2.08. The minimum Gasteiger partial charge on any atom is -0.322 e. The van der Waals surface area contributed by atoms with Crippen molar-refractivity contribution in [3.05, 3.63) is 101 Å². The first-order valence-electron chi connectivity index (χ1n) is 7.91. The fourth-order valence-corrected chi connectivity index (χ4v) is 2.70. The molecule has 0 bridgehead atoms. The topological polar surface area (TPSA) is 29.1 Å². The third-order valence-corrected chi connectivity index (χ3v) is 4.15. The quantitative estimate of drug-likeness (QED) is 0.666. The Morgan fingerprint density at radius 1 is 0.792 bits per heavy atom. The van der Waals surface area contributed by atoms with Crippen LogP contribution in [0.25, 0.3) is 0 Å². The summed E-state index contributed by atoms with van der Waals surface area (Å²) < 4.78 is 0. The van der Waals surface area contributed by atoms with E-state index < -0.39 is 0 Å². The van der Waals surface area contributed by atoms with E-state index in [9.17, 15) is 4.79 Å². The highest BCUT2D eigenvalue weighted by molar-refractivity contribution is 6.30. The average molecular weight is 336 g/mol. The molecule has 0 aliphatic carbocycles. The maximum atomic E-state index is 12.4. The summed E-state index contributed by atoms with van der Waals surface area (Å²) in [7, 11) is 0. The van der Waals surface area contributed by atoms with E-state index in [-0.39, 0.29) is 5.91 Å². The van der Waals surface area contributed by atoms with Crippen LogP contribution in [0.3, 0.4) is 0 Å². The van der Waals surface area contributed by atoms with E-state index in [1.54, 1.807) is 0 Å². The Balaban J connectivity index is 1.71. The Labute approximate surface area is 147 Å². The van der Waals surface area contributed by atoms with Gasteiger partial charge in [0.05, 0.1) is 0 Å². The first-order valence-corrected chi connectivity index (χ1v) is 8.29. The second-order valence-electron chi connectivity index (χ2n) is 5.60. The van der Waals surface area contributed by atoms with Gasteiger partial charge in [-0.1, -0.05) is 60.1 Å². The lowest BCUT2D eigenvalue weighted by Gasteiger charge is -2.11. The molecule has 3 heteroatoms. The molecule has 1 N–H and O–H groups in total. The molecule has 0 aliphatic heterocycles. The van der Waals surface area contributed by atoms with Crippen LogP contribution in [0.5, 0.6) is 0 Å². The summed E-state index contributed by atoms with van der Waals surface area (Å²) in [4.78, 5) is 12.4. The molecule has 3 aromatic carbocycles. The van der Waals surface area contributed by atoms with Gasteiger partial charge >= 0.3 is 0 Å². The zero-order valence-corrected chi connectivity index (χ0v) is 14.0. The summed E-state index contributed by atoms with van der Waals surface area (Å²) in [6.45, 7) is 0. The van der Waals surface area contributed by atoms with Gasteiger partial charge in [-0.25, -0.2) is 0 Å². The Morgan fingerprint density at radius 2 is 1.46 bits per heavy atom. The molecule has 120 valence electrons. The number of nitrogens with one attached hydrogen (secondary N) is 1. The number of rotatable bonds is 5. The van der Waals surface area contributed by atoms with Crippen LogP contribution in [-0.4, -0.2) is 5.91 Å². The third kappa shape index (κ3) is 4.24. The van der Waals surface area contributed by atoms with Crippen LogP contribution in [-0.2, 0) is 12.8 Å². The van der Waals surface area contributed by atoms with Gasteiger partial charge in [0.2, 0.25) is 0 Å². The van der Waals surface area contributed by atoms with Gasteiger partial charge in [0.1, 0.15) is 0 Å². The number of amides is 1. The Bertz CT molecular complexity index is 813. The number of benzene rings is 3. The van der Waals surface area contributed by atoms with Crippen LogP contribution in [0.4, 0.5) is 5.69 Å². The Hall–Kier alpha value is -2.58. The van der Waals surface area contributed by atoms with Gasteiger partial charge < -0.3 is 5.32 Å². The lowest BCUT2D eigenvalue weighted by Crippen LogP contribution is -2.13. The number of aryl methyl sites for hydroxylation is 2. The smallest absolute Gasteiger partial charge is 0.255 e. The average Bonchev–Trinajstić information content (AvgIpc) is 2.63. The van der Waals surface area contributed by atoms with Crippen LogP contribution in [0.2, 0.25) is 5.02 Å². The second-order valence-corrected chi connectivity index (χ2v) is 6.04. The zero-order chi connectivity index (χ0) is 16.8. The molecule has 3 aromatic rings. The van der Waals surface area contributed by atoms with Crippen molar-refractivity contribution in [2.75, 3.05) is 5.32 Å². The largest absolute Gasteiger partial charge is 0.322 e. The summed E-state index contributed by atoms with van der Waals surface area (Å²) in [6, 6.07) is 25.0. The molecule has 0 heterocycles. The molecular weight excluding hydrogens is 318 g/mol. The van der Waals surface area contributed by atoms with E-state index in [1.807, 2.05) is 72.8 Å². The number of halogens is 1. The molecule has 0 saturated carbocycles. The Kier molecular flexibility index (Phi) is 5.29. The van der Waals surface area contributed by atoms with E-state index in [0.29, 0.717) is 5.56 Å². The molecule has 2 nitrogen and oxygen atoms in total.